The fourth-order valence-corrected chi connectivity index (χ4v) is 4.61. The summed E-state index contributed by atoms with van der Waals surface area (Å²) in [6.07, 6.45) is 11.9. The van der Waals surface area contributed by atoms with E-state index in [9.17, 15) is 9.59 Å². The van der Waals surface area contributed by atoms with Gasteiger partial charge in [-0.3, -0.25) is 9.59 Å². The molecule has 0 aromatic carbocycles. The number of ether oxygens (including phenoxy) is 2. The lowest BCUT2D eigenvalue weighted by Gasteiger charge is -2.58. The average Bonchev–Trinajstić information content (AvgIpc) is 2.32. The highest BCUT2D eigenvalue weighted by Crippen LogP contribution is 2.65. The van der Waals surface area contributed by atoms with Crippen molar-refractivity contribution in [3.8, 4) is 0 Å². The monoisotopic (exact) mass is 320 g/mol. The minimum atomic E-state index is -0.978. The zero-order valence-electron chi connectivity index (χ0n) is 14.0. The van der Waals surface area contributed by atoms with E-state index in [1.807, 2.05) is 0 Å². The van der Waals surface area contributed by atoms with Crippen LogP contribution in [0.1, 0.15) is 70.6 Å². The van der Waals surface area contributed by atoms with Gasteiger partial charge in [0.05, 0.1) is 13.2 Å². The Bertz CT molecular complexity index is 446. The van der Waals surface area contributed by atoms with Gasteiger partial charge < -0.3 is 9.47 Å². The number of esters is 2. The molecule has 0 saturated heterocycles. The molecule has 4 heteroatoms. The average molecular weight is 320 g/mol. The van der Waals surface area contributed by atoms with E-state index in [1.165, 1.54) is 19.3 Å². The van der Waals surface area contributed by atoms with Crippen LogP contribution in [0.4, 0.5) is 0 Å². The van der Waals surface area contributed by atoms with Crippen molar-refractivity contribution >= 4 is 11.9 Å². The van der Waals surface area contributed by atoms with Crippen molar-refractivity contribution in [1.82, 2.24) is 0 Å². The lowest BCUT2D eigenvalue weighted by molar-refractivity contribution is -0.201. The molecule has 0 bridgehead atoms. The van der Waals surface area contributed by atoms with Gasteiger partial charge in [-0.25, -0.2) is 0 Å². The molecular weight excluding hydrogens is 292 g/mol. The molecule has 0 aromatic heterocycles. The smallest absolute Gasteiger partial charge is 0.323 e. The lowest BCUT2D eigenvalue weighted by Crippen LogP contribution is -2.59. The second-order valence-electron chi connectivity index (χ2n) is 8.58. The zero-order chi connectivity index (χ0) is 15.9. The fraction of sp³-hybridized carbons (Fsp3) is 0.895. The van der Waals surface area contributed by atoms with Crippen LogP contribution in [-0.2, 0) is 19.1 Å². The molecule has 0 radical (unpaired) electrons. The first-order chi connectivity index (χ1) is 11.1. The van der Waals surface area contributed by atoms with E-state index >= 15 is 0 Å². The molecule has 23 heavy (non-hydrogen) atoms. The predicted octanol–water partition coefficient (Wildman–Crippen LogP) is 3.62. The van der Waals surface area contributed by atoms with Crippen molar-refractivity contribution in [2.75, 3.05) is 13.2 Å². The molecule has 0 amide bonds. The summed E-state index contributed by atoms with van der Waals surface area (Å²) in [5, 5.41) is 0. The van der Waals surface area contributed by atoms with Crippen LogP contribution in [0.25, 0.3) is 0 Å². The van der Waals surface area contributed by atoms with Gasteiger partial charge in [-0.2, -0.15) is 0 Å². The first kappa shape index (κ1) is 15.5. The van der Waals surface area contributed by atoms with Crippen LogP contribution in [0.5, 0.6) is 0 Å². The van der Waals surface area contributed by atoms with E-state index < -0.39 is 5.41 Å². The largest absolute Gasteiger partial charge is 0.465 e. The second kappa shape index (κ2) is 5.78. The highest BCUT2D eigenvalue weighted by Gasteiger charge is 2.66. The van der Waals surface area contributed by atoms with Gasteiger partial charge in [0.2, 0.25) is 0 Å². The number of hydrogen-bond acceptors (Lipinski definition) is 4. The van der Waals surface area contributed by atoms with Crippen LogP contribution in [0.3, 0.4) is 0 Å². The maximum atomic E-state index is 12.7. The van der Waals surface area contributed by atoms with E-state index in [0.29, 0.717) is 37.9 Å². The molecule has 1 spiro atoms. The molecule has 4 fully saturated rings. The van der Waals surface area contributed by atoms with E-state index in [2.05, 4.69) is 0 Å². The van der Waals surface area contributed by atoms with Gasteiger partial charge in [-0.05, 0) is 68.6 Å². The Morgan fingerprint density at radius 1 is 0.783 bits per heavy atom. The van der Waals surface area contributed by atoms with Crippen LogP contribution in [-0.4, -0.2) is 25.2 Å². The molecule has 0 N–H and O–H groups in total. The minimum Gasteiger partial charge on any atom is -0.465 e. The third-order valence-electron chi connectivity index (χ3n) is 6.90. The van der Waals surface area contributed by atoms with Crippen molar-refractivity contribution < 1.29 is 19.1 Å². The van der Waals surface area contributed by atoms with Crippen LogP contribution in [0.15, 0.2) is 0 Å². The summed E-state index contributed by atoms with van der Waals surface area (Å²) >= 11 is 0. The molecule has 0 unspecified atom stereocenters. The molecule has 4 nitrogen and oxygen atoms in total. The van der Waals surface area contributed by atoms with Gasteiger partial charge in [0.25, 0.3) is 0 Å². The van der Waals surface area contributed by atoms with Crippen molar-refractivity contribution in [2.24, 2.45) is 22.7 Å². The summed E-state index contributed by atoms with van der Waals surface area (Å²) in [5.41, 5.74) is -0.737. The summed E-state index contributed by atoms with van der Waals surface area (Å²) in [7, 11) is 0. The van der Waals surface area contributed by atoms with E-state index in [-0.39, 0.29) is 17.4 Å². The van der Waals surface area contributed by atoms with Gasteiger partial charge in [0, 0.05) is 0 Å². The highest BCUT2D eigenvalue weighted by atomic mass is 16.6. The lowest BCUT2D eigenvalue weighted by atomic mass is 9.45. The number of carbonyl (C=O) groups is 2. The number of hydrogen-bond donors (Lipinski definition) is 0. The topological polar surface area (TPSA) is 52.6 Å². The second-order valence-corrected chi connectivity index (χ2v) is 8.58. The Hall–Kier alpha value is -1.06. The van der Waals surface area contributed by atoms with Crippen LogP contribution >= 0.6 is 0 Å². The Morgan fingerprint density at radius 3 is 1.57 bits per heavy atom. The normalized spacial score (nSPS) is 28.0. The van der Waals surface area contributed by atoms with E-state index in [4.69, 9.17) is 9.47 Å². The Balaban J connectivity index is 1.36. The maximum Gasteiger partial charge on any atom is 0.323 e. The standard InChI is InChI=1S/C19H28O4/c20-16(22-10-14-4-1-5-14)19(12-18(13-19)8-3-9-18)17(21)23-11-15-6-2-7-15/h14-15H,1-13H2. The first-order valence-electron chi connectivity index (χ1n) is 9.46. The minimum absolute atomic E-state index is 0.241. The molecule has 128 valence electrons. The predicted molar refractivity (Wildman–Crippen MR) is 84.6 cm³/mol. The molecule has 4 aliphatic carbocycles. The summed E-state index contributed by atoms with van der Waals surface area (Å²) in [4.78, 5) is 25.3. The van der Waals surface area contributed by atoms with Gasteiger partial charge in [0.1, 0.15) is 0 Å². The number of carbonyl (C=O) groups excluding carboxylic acids is 2. The van der Waals surface area contributed by atoms with Crippen molar-refractivity contribution in [3.05, 3.63) is 0 Å². The molecule has 4 aliphatic rings. The molecule has 0 atom stereocenters. The summed E-state index contributed by atoms with van der Waals surface area (Å²) in [6.45, 7) is 0.979. The number of rotatable bonds is 6. The highest BCUT2D eigenvalue weighted by molar-refractivity contribution is 6.01. The summed E-state index contributed by atoms with van der Waals surface area (Å²) < 4.78 is 11.1. The summed E-state index contributed by atoms with van der Waals surface area (Å²) in [5.74, 6) is 0.417. The van der Waals surface area contributed by atoms with Gasteiger partial charge in [-0.15, -0.1) is 0 Å². The molecular formula is C19H28O4. The molecule has 4 rings (SSSR count). The maximum absolute atomic E-state index is 12.7. The molecule has 0 aliphatic heterocycles. The van der Waals surface area contributed by atoms with Gasteiger partial charge in [-0.1, -0.05) is 19.3 Å². The van der Waals surface area contributed by atoms with Gasteiger partial charge >= 0.3 is 11.9 Å². The fourth-order valence-electron chi connectivity index (χ4n) is 4.61. The molecule has 4 saturated carbocycles. The third-order valence-corrected chi connectivity index (χ3v) is 6.90. The van der Waals surface area contributed by atoms with Crippen molar-refractivity contribution in [3.63, 3.8) is 0 Å². The van der Waals surface area contributed by atoms with Crippen LogP contribution in [0.2, 0.25) is 0 Å². The Morgan fingerprint density at radius 2 is 1.26 bits per heavy atom. The van der Waals surface area contributed by atoms with E-state index in [1.54, 1.807) is 0 Å². The van der Waals surface area contributed by atoms with Crippen LogP contribution in [0, 0.1) is 22.7 Å². The Labute approximate surface area is 138 Å². The SMILES string of the molecule is O=C(OCC1CCC1)C1(C(=O)OCC2CCC2)CC2(CCC2)C1. The first-order valence-corrected chi connectivity index (χ1v) is 9.46. The van der Waals surface area contributed by atoms with E-state index in [0.717, 1.165) is 38.5 Å². The quantitative estimate of drug-likeness (QED) is 0.554. The third kappa shape index (κ3) is 2.68. The molecule has 0 heterocycles. The van der Waals surface area contributed by atoms with Crippen LogP contribution < -0.4 is 0 Å². The van der Waals surface area contributed by atoms with Crippen molar-refractivity contribution in [2.45, 2.75) is 70.6 Å². The summed E-state index contributed by atoms with van der Waals surface area (Å²) in [6, 6.07) is 0. The molecule has 0 aromatic rings. The van der Waals surface area contributed by atoms with Crippen molar-refractivity contribution in [1.29, 1.82) is 0 Å². The zero-order valence-corrected chi connectivity index (χ0v) is 14.0. The van der Waals surface area contributed by atoms with Gasteiger partial charge in [0.15, 0.2) is 5.41 Å². The Kier molecular flexibility index (Phi) is 3.89.